The molecule has 0 saturated carbocycles. The highest BCUT2D eigenvalue weighted by molar-refractivity contribution is 7.99. The molecule has 3 aromatic rings. The topological polar surface area (TPSA) is 106 Å². The van der Waals surface area contributed by atoms with E-state index in [1.165, 1.54) is 11.8 Å². The summed E-state index contributed by atoms with van der Waals surface area (Å²) in [7, 11) is 4.67. The number of nitrogens with one attached hydrogen (secondary N) is 1. The van der Waals surface area contributed by atoms with Crippen molar-refractivity contribution in [2.75, 3.05) is 58.2 Å². The van der Waals surface area contributed by atoms with Crippen LogP contribution in [0.15, 0.2) is 41.7 Å². The van der Waals surface area contributed by atoms with Gasteiger partial charge in [-0.05, 0) is 24.3 Å². The summed E-state index contributed by atoms with van der Waals surface area (Å²) in [5, 5.41) is 7.66. The number of piperazine rings is 1. The highest BCUT2D eigenvalue weighted by Gasteiger charge is 2.22. The molecule has 1 fully saturated rings. The highest BCUT2D eigenvalue weighted by atomic mass is 32.2. The van der Waals surface area contributed by atoms with Crippen LogP contribution in [0.1, 0.15) is 0 Å². The predicted octanol–water partition coefficient (Wildman–Crippen LogP) is 2.33. The van der Waals surface area contributed by atoms with E-state index in [4.69, 9.17) is 14.2 Å². The first-order valence-corrected chi connectivity index (χ1v) is 11.4. The molecule has 0 unspecified atom stereocenters. The van der Waals surface area contributed by atoms with Crippen LogP contribution >= 0.6 is 11.8 Å². The van der Waals surface area contributed by atoms with Crippen LogP contribution in [0, 0.1) is 0 Å². The number of thioether (sulfide) groups is 1. The van der Waals surface area contributed by atoms with E-state index in [0.717, 1.165) is 24.5 Å². The minimum Gasteiger partial charge on any atom is -0.493 e. The van der Waals surface area contributed by atoms with Crippen molar-refractivity contribution in [1.82, 2.24) is 25.1 Å². The number of aromatic nitrogens is 4. The van der Waals surface area contributed by atoms with Gasteiger partial charge in [0.2, 0.25) is 16.8 Å². The first-order chi connectivity index (χ1) is 16.1. The summed E-state index contributed by atoms with van der Waals surface area (Å²) in [6.45, 7) is 2.86. The highest BCUT2D eigenvalue weighted by Crippen LogP contribution is 2.40. The molecule has 0 radical (unpaired) electrons. The first-order valence-electron chi connectivity index (χ1n) is 10.4. The molecule has 11 heteroatoms. The van der Waals surface area contributed by atoms with Gasteiger partial charge in [-0.15, -0.1) is 5.10 Å². The van der Waals surface area contributed by atoms with E-state index in [0.29, 0.717) is 41.3 Å². The lowest BCUT2D eigenvalue weighted by Crippen LogP contribution is -2.49. The Morgan fingerprint density at radius 2 is 1.79 bits per heavy atom. The van der Waals surface area contributed by atoms with Gasteiger partial charge in [-0.2, -0.15) is 0 Å². The molecule has 0 spiro atoms. The SMILES string of the molecule is COc1cc(-c2nc(SCC(=O)N3CCN(c4ccccn4)CC3)n[nH]2)cc(OC)c1OC. The van der Waals surface area contributed by atoms with Gasteiger partial charge in [-0.25, -0.2) is 9.97 Å². The fourth-order valence-electron chi connectivity index (χ4n) is 3.60. The summed E-state index contributed by atoms with van der Waals surface area (Å²) in [5.41, 5.74) is 0.737. The Bertz CT molecular complexity index is 1060. The van der Waals surface area contributed by atoms with Crippen LogP contribution in [0.5, 0.6) is 17.2 Å². The largest absolute Gasteiger partial charge is 0.493 e. The number of carbonyl (C=O) groups is 1. The van der Waals surface area contributed by atoms with Crippen LogP contribution in [0.2, 0.25) is 0 Å². The minimum absolute atomic E-state index is 0.0693. The Labute approximate surface area is 196 Å². The Balaban J connectivity index is 1.34. The zero-order valence-corrected chi connectivity index (χ0v) is 19.6. The third-order valence-corrected chi connectivity index (χ3v) is 6.17. The fraction of sp³-hybridized carbons (Fsp3) is 0.364. The van der Waals surface area contributed by atoms with Crippen molar-refractivity contribution >= 4 is 23.5 Å². The second-order valence-electron chi connectivity index (χ2n) is 7.23. The van der Waals surface area contributed by atoms with Gasteiger partial charge in [0.1, 0.15) is 5.82 Å². The number of ether oxygens (including phenoxy) is 3. The molecule has 1 amide bonds. The molecular formula is C22H26N6O4S. The van der Waals surface area contributed by atoms with E-state index in [1.54, 1.807) is 39.7 Å². The average Bonchev–Trinajstić information content (AvgIpc) is 3.36. The quantitative estimate of drug-likeness (QED) is 0.497. The Hall–Kier alpha value is -3.47. The smallest absolute Gasteiger partial charge is 0.233 e. The number of aromatic amines is 1. The fourth-order valence-corrected chi connectivity index (χ4v) is 4.30. The number of methoxy groups -OCH3 is 3. The number of hydrogen-bond donors (Lipinski definition) is 1. The number of carbonyl (C=O) groups excluding carboxylic acids is 1. The van der Waals surface area contributed by atoms with Crippen molar-refractivity contribution in [1.29, 1.82) is 0 Å². The van der Waals surface area contributed by atoms with Gasteiger partial charge in [-0.1, -0.05) is 17.8 Å². The maximum absolute atomic E-state index is 12.7. The van der Waals surface area contributed by atoms with Gasteiger partial charge in [-0.3, -0.25) is 9.89 Å². The number of hydrogen-bond acceptors (Lipinski definition) is 9. The Morgan fingerprint density at radius 3 is 2.39 bits per heavy atom. The maximum atomic E-state index is 12.7. The Morgan fingerprint density at radius 1 is 1.06 bits per heavy atom. The summed E-state index contributed by atoms with van der Waals surface area (Å²) >= 11 is 1.30. The van der Waals surface area contributed by atoms with Crippen molar-refractivity contribution < 1.29 is 19.0 Å². The van der Waals surface area contributed by atoms with Crippen LogP contribution in [-0.4, -0.2) is 84.2 Å². The van der Waals surface area contributed by atoms with Gasteiger partial charge >= 0.3 is 0 Å². The number of benzene rings is 1. The summed E-state index contributed by atoms with van der Waals surface area (Å²) < 4.78 is 16.2. The van der Waals surface area contributed by atoms with Crippen molar-refractivity contribution in [3.05, 3.63) is 36.5 Å². The summed E-state index contributed by atoms with van der Waals surface area (Å²) in [4.78, 5) is 25.6. The monoisotopic (exact) mass is 470 g/mol. The van der Waals surface area contributed by atoms with Crippen LogP contribution in [0.25, 0.3) is 11.4 Å². The van der Waals surface area contributed by atoms with Gasteiger partial charge in [0.05, 0.1) is 27.1 Å². The number of nitrogens with zero attached hydrogens (tertiary/aromatic N) is 5. The number of anilines is 1. The zero-order chi connectivity index (χ0) is 23.2. The van der Waals surface area contributed by atoms with Crippen LogP contribution in [-0.2, 0) is 4.79 Å². The molecule has 1 N–H and O–H groups in total. The third kappa shape index (κ3) is 5.14. The van der Waals surface area contributed by atoms with E-state index >= 15 is 0 Å². The van der Waals surface area contributed by atoms with Crippen LogP contribution in [0.4, 0.5) is 5.82 Å². The molecule has 10 nitrogen and oxygen atoms in total. The molecule has 0 aliphatic carbocycles. The van der Waals surface area contributed by atoms with Crippen molar-refractivity contribution in [2.24, 2.45) is 0 Å². The van der Waals surface area contributed by atoms with Crippen LogP contribution in [0.3, 0.4) is 0 Å². The van der Waals surface area contributed by atoms with Gasteiger partial charge < -0.3 is 24.0 Å². The molecule has 1 aliphatic heterocycles. The van der Waals surface area contributed by atoms with Gasteiger partial charge in [0, 0.05) is 37.9 Å². The molecule has 0 bridgehead atoms. The van der Waals surface area contributed by atoms with E-state index in [2.05, 4.69) is 25.1 Å². The lowest BCUT2D eigenvalue weighted by Gasteiger charge is -2.35. The average molecular weight is 471 g/mol. The lowest BCUT2D eigenvalue weighted by atomic mass is 10.1. The number of H-pyrrole nitrogens is 1. The summed E-state index contributed by atoms with van der Waals surface area (Å²) in [6, 6.07) is 9.45. The predicted molar refractivity (Wildman–Crippen MR) is 125 cm³/mol. The van der Waals surface area contributed by atoms with Crippen molar-refractivity contribution in [2.45, 2.75) is 5.16 Å². The minimum atomic E-state index is 0.0693. The lowest BCUT2D eigenvalue weighted by molar-refractivity contribution is -0.128. The number of rotatable bonds is 8. The van der Waals surface area contributed by atoms with E-state index in [1.807, 2.05) is 23.1 Å². The number of pyridine rings is 1. The zero-order valence-electron chi connectivity index (χ0n) is 18.8. The Kier molecular flexibility index (Phi) is 7.18. The molecular weight excluding hydrogens is 444 g/mol. The molecule has 3 heterocycles. The normalized spacial score (nSPS) is 13.7. The molecule has 1 saturated heterocycles. The van der Waals surface area contributed by atoms with E-state index < -0.39 is 0 Å². The van der Waals surface area contributed by atoms with E-state index in [9.17, 15) is 4.79 Å². The molecule has 174 valence electrons. The third-order valence-electron chi connectivity index (χ3n) is 5.33. The summed E-state index contributed by atoms with van der Waals surface area (Å²) in [5.74, 6) is 3.39. The van der Waals surface area contributed by atoms with Crippen LogP contribution < -0.4 is 19.1 Å². The second kappa shape index (κ2) is 10.4. The number of amides is 1. The molecule has 0 atom stereocenters. The van der Waals surface area contributed by atoms with E-state index in [-0.39, 0.29) is 11.7 Å². The maximum Gasteiger partial charge on any atom is 0.233 e. The molecule has 2 aromatic heterocycles. The first kappa shape index (κ1) is 22.7. The van der Waals surface area contributed by atoms with Gasteiger partial charge in [0.25, 0.3) is 0 Å². The standard InChI is InChI=1S/C22H26N6O4S/c1-30-16-12-15(13-17(31-2)20(16)32-3)21-24-22(26-25-21)33-14-19(29)28-10-8-27(9-11-28)18-6-4-5-7-23-18/h4-7,12-13H,8-11,14H2,1-3H3,(H,24,25,26). The molecule has 1 aromatic carbocycles. The molecule has 4 rings (SSSR count). The van der Waals surface area contributed by atoms with Gasteiger partial charge in [0.15, 0.2) is 17.3 Å². The molecule has 1 aliphatic rings. The molecule has 33 heavy (non-hydrogen) atoms. The summed E-state index contributed by atoms with van der Waals surface area (Å²) in [6.07, 6.45) is 1.78. The van der Waals surface area contributed by atoms with Crippen molar-refractivity contribution in [3.63, 3.8) is 0 Å². The van der Waals surface area contributed by atoms with Crippen molar-refractivity contribution in [3.8, 4) is 28.6 Å². The second-order valence-corrected chi connectivity index (χ2v) is 8.17.